The highest BCUT2D eigenvalue weighted by molar-refractivity contribution is 5.95. The van der Waals surface area contributed by atoms with Crippen LogP contribution >= 0.6 is 0 Å². The molecule has 0 aromatic heterocycles. The molecule has 134 valence electrons. The molecule has 0 saturated carbocycles. The van der Waals surface area contributed by atoms with E-state index in [2.05, 4.69) is 5.32 Å². The lowest BCUT2D eigenvalue weighted by atomic mass is 10.0. The van der Waals surface area contributed by atoms with Crippen LogP contribution in [0, 0.1) is 6.92 Å². The summed E-state index contributed by atoms with van der Waals surface area (Å²) in [5.74, 6) is -1.20. The van der Waals surface area contributed by atoms with Crippen LogP contribution in [0.1, 0.15) is 39.5 Å². The second kappa shape index (κ2) is 9.37. The van der Waals surface area contributed by atoms with Crippen LogP contribution in [0.3, 0.4) is 0 Å². The van der Waals surface area contributed by atoms with Gasteiger partial charge in [0.05, 0.1) is 0 Å². The van der Waals surface area contributed by atoms with Gasteiger partial charge in [-0.05, 0) is 55.2 Å². The number of benzene rings is 2. The van der Waals surface area contributed by atoms with Gasteiger partial charge >= 0.3 is 5.97 Å². The Morgan fingerprint density at radius 2 is 1.81 bits per heavy atom. The molecule has 0 atom stereocenters. The Labute approximate surface area is 153 Å². The maximum atomic E-state index is 12.5. The second-order valence-corrected chi connectivity index (χ2v) is 6.08. The Morgan fingerprint density at radius 3 is 2.46 bits per heavy atom. The summed E-state index contributed by atoms with van der Waals surface area (Å²) in [7, 11) is 0. The average molecular weight is 349 g/mol. The van der Waals surface area contributed by atoms with E-state index in [-0.39, 0.29) is 5.91 Å². The fourth-order valence-electron chi connectivity index (χ4n) is 2.48. The summed E-state index contributed by atoms with van der Waals surface area (Å²) in [6.45, 7) is 4.40. The summed E-state index contributed by atoms with van der Waals surface area (Å²) in [6, 6.07) is 13.4. The van der Waals surface area contributed by atoms with E-state index >= 15 is 0 Å². The molecule has 2 N–H and O–H groups in total. The number of carboxylic acid groups (broad SMARTS) is 1. The lowest BCUT2D eigenvalue weighted by molar-refractivity contribution is -0.131. The van der Waals surface area contributed by atoms with E-state index in [1.807, 2.05) is 62.4 Å². The molecule has 4 heteroatoms. The zero-order valence-electron chi connectivity index (χ0n) is 15.0. The van der Waals surface area contributed by atoms with Gasteiger partial charge in [0.15, 0.2) is 0 Å². The van der Waals surface area contributed by atoms with Crippen molar-refractivity contribution in [1.82, 2.24) is 5.32 Å². The first kappa shape index (κ1) is 19.2. The first-order valence-electron chi connectivity index (χ1n) is 8.48. The minimum Gasteiger partial charge on any atom is -0.478 e. The Balaban J connectivity index is 2.18. The minimum absolute atomic E-state index is 0.183. The van der Waals surface area contributed by atoms with Gasteiger partial charge in [-0.1, -0.05) is 48.0 Å². The number of hydrogen-bond donors (Lipinski definition) is 2. The van der Waals surface area contributed by atoms with E-state index in [0.29, 0.717) is 24.1 Å². The van der Waals surface area contributed by atoms with Crippen LogP contribution in [0.5, 0.6) is 0 Å². The van der Waals surface area contributed by atoms with E-state index in [4.69, 9.17) is 5.11 Å². The number of carbonyl (C=O) groups is 2. The van der Waals surface area contributed by atoms with Crippen LogP contribution in [-0.4, -0.2) is 17.0 Å². The Bertz CT molecular complexity index is 833. The van der Waals surface area contributed by atoms with E-state index in [9.17, 15) is 9.59 Å². The average Bonchev–Trinajstić information content (AvgIpc) is 2.63. The molecular weight excluding hydrogens is 326 g/mol. The summed E-state index contributed by atoms with van der Waals surface area (Å²) in [6.07, 6.45) is 7.19. The number of carboxylic acids is 1. The first-order chi connectivity index (χ1) is 12.5. The van der Waals surface area contributed by atoms with Gasteiger partial charge in [-0.25, -0.2) is 4.79 Å². The molecule has 0 saturated heterocycles. The van der Waals surface area contributed by atoms with E-state index < -0.39 is 5.97 Å². The summed E-state index contributed by atoms with van der Waals surface area (Å²) in [4.78, 5) is 23.3. The topological polar surface area (TPSA) is 66.4 Å². The van der Waals surface area contributed by atoms with Gasteiger partial charge in [-0.15, -0.1) is 0 Å². The van der Waals surface area contributed by atoms with Crippen molar-refractivity contribution in [2.45, 2.75) is 26.8 Å². The fourth-order valence-corrected chi connectivity index (χ4v) is 2.48. The van der Waals surface area contributed by atoms with Crippen LogP contribution < -0.4 is 5.32 Å². The zero-order chi connectivity index (χ0) is 18.9. The van der Waals surface area contributed by atoms with Gasteiger partial charge in [0.25, 0.3) is 5.91 Å². The summed E-state index contributed by atoms with van der Waals surface area (Å²) < 4.78 is 0. The normalized spacial score (nSPS) is 11.2. The van der Waals surface area contributed by atoms with Crippen molar-refractivity contribution in [3.05, 3.63) is 88.5 Å². The molecule has 2 aromatic rings. The molecule has 0 aliphatic carbocycles. The van der Waals surface area contributed by atoms with Crippen LogP contribution in [0.4, 0.5) is 0 Å². The van der Waals surface area contributed by atoms with Gasteiger partial charge < -0.3 is 10.4 Å². The summed E-state index contributed by atoms with van der Waals surface area (Å²) >= 11 is 0. The maximum absolute atomic E-state index is 12.5. The van der Waals surface area contributed by atoms with Gasteiger partial charge in [0, 0.05) is 18.2 Å². The molecular formula is C22H23NO3. The highest BCUT2D eigenvalue weighted by atomic mass is 16.4. The molecule has 4 nitrogen and oxygen atoms in total. The number of nitrogens with one attached hydrogen (secondary N) is 1. The zero-order valence-corrected chi connectivity index (χ0v) is 15.0. The monoisotopic (exact) mass is 349 g/mol. The quantitative estimate of drug-likeness (QED) is 0.583. The lowest BCUT2D eigenvalue weighted by Crippen LogP contribution is -2.23. The fraction of sp³-hybridized carbons (Fsp3) is 0.182. The molecule has 2 rings (SSSR count). The van der Waals surface area contributed by atoms with Crippen LogP contribution in [0.2, 0.25) is 0 Å². The summed E-state index contributed by atoms with van der Waals surface area (Å²) in [5.41, 5.74) is 4.36. The second-order valence-electron chi connectivity index (χ2n) is 6.08. The van der Waals surface area contributed by atoms with Gasteiger partial charge in [0.1, 0.15) is 0 Å². The van der Waals surface area contributed by atoms with Gasteiger partial charge in [0.2, 0.25) is 0 Å². The van der Waals surface area contributed by atoms with E-state index in [0.717, 1.165) is 17.2 Å². The number of aliphatic carboxylic acids is 1. The molecule has 0 bridgehead atoms. The van der Waals surface area contributed by atoms with Crippen molar-refractivity contribution in [3.8, 4) is 0 Å². The largest absolute Gasteiger partial charge is 0.478 e. The molecule has 0 unspecified atom stereocenters. The van der Waals surface area contributed by atoms with Crippen molar-refractivity contribution in [2.75, 3.05) is 0 Å². The van der Waals surface area contributed by atoms with Gasteiger partial charge in [-0.3, -0.25) is 4.79 Å². The number of aryl methyl sites for hydroxylation is 1. The molecule has 0 aliphatic heterocycles. The number of amides is 1. The van der Waals surface area contributed by atoms with Crippen molar-refractivity contribution >= 4 is 18.0 Å². The lowest BCUT2D eigenvalue weighted by Gasteiger charge is -2.09. The Kier molecular flexibility index (Phi) is 6.92. The Morgan fingerprint density at radius 1 is 1.08 bits per heavy atom. The van der Waals surface area contributed by atoms with Crippen LogP contribution in [0.25, 0.3) is 6.08 Å². The van der Waals surface area contributed by atoms with Crippen LogP contribution in [0.15, 0.2) is 60.7 Å². The van der Waals surface area contributed by atoms with E-state index in [1.54, 1.807) is 6.07 Å². The molecule has 0 spiro atoms. The van der Waals surface area contributed by atoms with Crippen molar-refractivity contribution < 1.29 is 14.7 Å². The molecule has 0 heterocycles. The Hall–Kier alpha value is -3.14. The SMILES string of the molecule is C/C=C\Cc1cc(/C=C/C(=O)O)cc(C(=O)NCc2ccc(C)cc2)c1. The molecule has 1 amide bonds. The third kappa shape index (κ3) is 6.06. The first-order valence-corrected chi connectivity index (χ1v) is 8.48. The highest BCUT2D eigenvalue weighted by Crippen LogP contribution is 2.14. The smallest absolute Gasteiger partial charge is 0.328 e. The maximum Gasteiger partial charge on any atom is 0.328 e. The molecule has 0 aliphatic rings. The number of rotatable bonds is 7. The number of carbonyl (C=O) groups excluding carboxylic acids is 1. The van der Waals surface area contributed by atoms with Crippen LogP contribution in [-0.2, 0) is 17.8 Å². The molecule has 0 radical (unpaired) electrons. The minimum atomic E-state index is -1.02. The standard InChI is InChI=1S/C22H23NO3/c1-3-4-5-18-12-19(10-11-21(24)25)14-20(13-18)22(26)23-15-17-8-6-16(2)7-9-17/h3-4,6-14H,5,15H2,1-2H3,(H,23,26)(H,24,25)/b4-3-,11-10+. The highest BCUT2D eigenvalue weighted by Gasteiger charge is 2.08. The predicted molar refractivity (Wildman–Crippen MR) is 104 cm³/mol. The summed E-state index contributed by atoms with van der Waals surface area (Å²) in [5, 5.41) is 11.7. The predicted octanol–water partition coefficient (Wildman–Crippen LogP) is 4.14. The van der Waals surface area contributed by atoms with Crippen molar-refractivity contribution in [2.24, 2.45) is 0 Å². The number of hydrogen-bond acceptors (Lipinski definition) is 2. The number of allylic oxidation sites excluding steroid dienone is 2. The van der Waals surface area contributed by atoms with E-state index in [1.165, 1.54) is 11.6 Å². The molecule has 2 aromatic carbocycles. The third-order valence-corrected chi connectivity index (χ3v) is 3.86. The van der Waals surface area contributed by atoms with Crippen molar-refractivity contribution in [3.63, 3.8) is 0 Å². The molecule has 0 fully saturated rings. The van der Waals surface area contributed by atoms with Gasteiger partial charge in [-0.2, -0.15) is 0 Å². The third-order valence-electron chi connectivity index (χ3n) is 3.86. The molecule has 26 heavy (non-hydrogen) atoms. The van der Waals surface area contributed by atoms with Crippen molar-refractivity contribution in [1.29, 1.82) is 0 Å².